The number of benzene rings is 1. The molecule has 7 heteroatoms. The lowest BCUT2D eigenvalue weighted by Crippen LogP contribution is -3.00. The van der Waals surface area contributed by atoms with Crippen LogP contribution in [-0.2, 0) is 6.54 Å². The Morgan fingerprint density at radius 3 is 1.56 bits per heavy atom. The van der Waals surface area contributed by atoms with Gasteiger partial charge in [-0.05, 0) is 57.9 Å². The van der Waals surface area contributed by atoms with Crippen molar-refractivity contribution in [2.45, 2.75) is 99.0 Å². The van der Waals surface area contributed by atoms with Gasteiger partial charge in [0.1, 0.15) is 0 Å². The molecule has 0 aliphatic heterocycles. The summed E-state index contributed by atoms with van der Waals surface area (Å²) >= 11 is 0. The number of hydrogen-bond donors (Lipinski definition) is 0. The number of nitrogens with zero attached hydrogens (tertiary/aromatic N) is 5. The maximum atomic E-state index is 4.50. The Bertz CT molecular complexity index is 847. The zero-order valence-corrected chi connectivity index (χ0v) is 28.6. The summed E-state index contributed by atoms with van der Waals surface area (Å²) in [6.07, 6.45) is 15.9. The Morgan fingerprint density at radius 2 is 1.10 bits per heavy atom. The number of anilines is 1. The van der Waals surface area contributed by atoms with Crippen molar-refractivity contribution < 1.29 is 43.0 Å². The standard InChI is InChI=1S/C32H55N5.2BrH/c1-6-11-13-15-25-36(26-16-14-12-7-2)32-20-18-30(19-21-32)33-34-31-22-27-35(28-23-31)24-17-29-37(8-3,9-4)10-5;;/h18-23,27-28H,6-17,24-26,29H2,1-5H3;2*1H/q+2;;/p-2. The van der Waals surface area contributed by atoms with Crippen molar-refractivity contribution in [3.63, 3.8) is 0 Å². The average Bonchev–Trinajstić information content (AvgIpc) is 2.95. The molecular formula is C32H55Br2N5. The second-order valence-electron chi connectivity index (χ2n) is 10.5. The minimum Gasteiger partial charge on any atom is -1.00 e. The Morgan fingerprint density at radius 1 is 0.615 bits per heavy atom. The largest absolute Gasteiger partial charge is 1.00 e. The fourth-order valence-corrected chi connectivity index (χ4v) is 5.07. The van der Waals surface area contributed by atoms with Crippen molar-refractivity contribution in [3.8, 4) is 0 Å². The first kappa shape index (κ1) is 37.7. The van der Waals surface area contributed by atoms with E-state index in [1.54, 1.807) is 0 Å². The van der Waals surface area contributed by atoms with E-state index in [1.165, 1.54) is 94.1 Å². The molecule has 0 atom stereocenters. The molecule has 0 aliphatic rings. The summed E-state index contributed by atoms with van der Waals surface area (Å²) in [6, 6.07) is 12.8. The van der Waals surface area contributed by atoms with Gasteiger partial charge in [-0.3, -0.25) is 0 Å². The topological polar surface area (TPSA) is 31.8 Å². The van der Waals surface area contributed by atoms with Crippen molar-refractivity contribution in [2.75, 3.05) is 44.2 Å². The van der Waals surface area contributed by atoms with E-state index in [2.05, 4.69) is 103 Å². The van der Waals surface area contributed by atoms with E-state index in [4.69, 9.17) is 0 Å². The molecule has 0 N–H and O–H groups in total. The number of rotatable bonds is 20. The number of azo groups is 1. The Labute approximate surface area is 261 Å². The van der Waals surface area contributed by atoms with Gasteiger partial charge in [-0.2, -0.15) is 10.2 Å². The fraction of sp³-hybridized carbons (Fsp3) is 0.656. The highest BCUT2D eigenvalue weighted by molar-refractivity contribution is 5.52. The molecule has 0 amide bonds. The number of hydrogen-bond acceptors (Lipinski definition) is 3. The van der Waals surface area contributed by atoms with Crippen LogP contribution in [0.25, 0.3) is 0 Å². The molecule has 222 valence electrons. The quantitative estimate of drug-likeness (QED) is 0.0925. The number of halogens is 2. The number of quaternary nitrogens is 1. The van der Waals surface area contributed by atoms with E-state index in [9.17, 15) is 0 Å². The summed E-state index contributed by atoms with van der Waals surface area (Å²) < 4.78 is 3.47. The Kier molecular flexibility index (Phi) is 21.6. The van der Waals surface area contributed by atoms with Gasteiger partial charge >= 0.3 is 0 Å². The van der Waals surface area contributed by atoms with Gasteiger partial charge in [0, 0.05) is 30.9 Å². The van der Waals surface area contributed by atoms with Crippen LogP contribution in [0, 0.1) is 0 Å². The molecule has 0 bridgehead atoms. The minimum atomic E-state index is 0. The highest BCUT2D eigenvalue weighted by Gasteiger charge is 2.20. The third-order valence-corrected chi connectivity index (χ3v) is 7.99. The second-order valence-corrected chi connectivity index (χ2v) is 10.5. The molecule has 2 aromatic rings. The first-order valence-corrected chi connectivity index (χ1v) is 15.2. The summed E-state index contributed by atoms with van der Waals surface area (Å²) in [5.74, 6) is 0. The molecular weight excluding hydrogens is 614 g/mol. The molecule has 0 unspecified atom stereocenters. The highest BCUT2D eigenvalue weighted by atomic mass is 79.9. The van der Waals surface area contributed by atoms with Gasteiger partial charge in [-0.15, -0.1) is 0 Å². The van der Waals surface area contributed by atoms with Crippen LogP contribution in [0.5, 0.6) is 0 Å². The van der Waals surface area contributed by atoms with E-state index >= 15 is 0 Å². The fourth-order valence-electron chi connectivity index (χ4n) is 5.07. The van der Waals surface area contributed by atoms with Crippen LogP contribution in [0.2, 0.25) is 0 Å². The Balaban J connectivity index is 0.00000722. The van der Waals surface area contributed by atoms with E-state index < -0.39 is 0 Å². The van der Waals surface area contributed by atoms with Gasteiger partial charge in [0.25, 0.3) is 0 Å². The predicted molar refractivity (Wildman–Crippen MR) is 159 cm³/mol. The zero-order valence-electron chi connectivity index (χ0n) is 25.4. The molecule has 0 saturated carbocycles. The molecule has 0 spiro atoms. The van der Waals surface area contributed by atoms with Crippen LogP contribution in [0.1, 0.15) is 92.4 Å². The van der Waals surface area contributed by atoms with E-state index in [1.807, 2.05) is 0 Å². The number of aromatic nitrogens is 1. The van der Waals surface area contributed by atoms with Gasteiger partial charge in [-0.1, -0.05) is 52.4 Å². The zero-order chi connectivity index (χ0) is 26.8. The van der Waals surface area contributed by atoms with Gasteiger partial charge < -0.3 is 43.3 Å². The summed E-state index contributed by atoms with van der Waals surface area (Å²) in [5.41, 5.74) is 3.12. The van der Waals surface area contributed by atoms with Gasteiger partial charge in [-0.25, -0.2) is 4.57 Å². The molecule has 1 aromatic heterocycles. The second kappa shape index (κ2) is 22.4. The van der Waals surface area contributed by atoms with Crippen LogP contribution in [0.4, 0.5) is 17.1 Å². The third-order valence-electron chi connectivity index (χ3n) is 7.99. The molecule has 0 saturated heterocycles. The van der Waals surface area contributed by atoms with Gasteiger partial charge in [0.15, 0.2) is 18.9 Å². The monoisotopic (exact) mass is 667 g/mol. The first-order chi connectivity index (χ1) is 18.1. The summed E-state index contributed by atoms with van der Waals surface area (Å²) in [6.45, 7) is 19.7. The minimum absolute atomic E-state index is 0. The molecule has 0 fully saturated rings. The van der Waals surface area contributed by atoms with Crippen molar-refractivity contribution in [1.29, 1.82) is 0 Å². The van der Waals surface area contributed by atoms with Crippen LogP contribution in [0.15, 0.2) is 59.0 Å². The van der Waals surface area contributed by atoms with E-state index in [-0.39, 0.29) is 34.0 Å². The van der Waals surface area contributed by atoms with E-state index in [0.717, 1.165) is 31.0 Å². The molecule has 2 rings (SSSR count). The smallest absolute Gasteiger partial charge is 0.171 e. The predicted octanol–water partition coefficient (Wildman–Crippen LogP) is 2.63. The highest BCUT2D eigenvalue weighted by Crippen LogP contribution is 2.23. The van der Waals surface area contributed by atoms with Crippen molar-refractivity contribution in [1.82, 2.24) is 0 Å². The van der Waals surface area contributed by atoms with Gasteiger partial charge in [0.05, 0.1) is 44.0 Å². The molecule has 5 nitrogen and oxygen atoms in total. The Hall–Kier alpha value is -1.31. The maximum Gasteiger partial charge on any atom is 0.171 e. The molecule has 1 aromatic carbocycles. The summed E-state index contributed by atoms with van der Waals surface area (Å²) in [7, 11) is 0. The average molecular weight is 670 g/mol. The molecule has 39 heavy (non-hydrogen) atoms. The van der Waals surface area contributed by atoms with Crippen molar-refractivity contribution >= 4 is 17.1 Å². The van der Waals surface area contributed by atoms with Crippen LogP contribution >= 0.6 is 0 Å². The number of unbranched alkanes of at least 4 members (excludes halogenated alkanes) is 6. The van der Waals surface area contributed by atoms with Gasteiger partial charge in [0.2, 0.25) is 0 Å². The third kappa shape index (κ3) is 14.2. The first-order valence-electron chi connectivity index (χ1n) is 15.2. The SMILES string of the molecule is CCCCCCN(CCCCCC)c1ccc(N=Nc2cc[n+](CCC[N+](CC)(CC)CC)cc2)cc1.[Br-].[Br-]. The number of pyridine rings is 1. The van der Waals surface area contributed by atoms with Crippen LogP contribution < -0.4 is 43.4 Å². The van der Waals surface area contributed by atoms with Crippen LogP contribution in [-0.4, -0.2) is 43.8 Å². The van der Waals surface area contributed by atoms with Crippen molar-refractivity contribution in [2.24, 2.45) is 10.2 Å². The molecule has 0 aliphatic carbocycles. The molecule has 0 radical (unpaired) electrons. The maximum absolute atomic E-state index is 4.50. The van der Waals surface area contributed by atoms with E-state index in [0.29, 0.717) is 0 Å². The van der Waals surface area contributed by atoms with Crippen LogP contribution in [0.3, 0.4) is 0 Å². The number of aryl methyl sites for hydroxylation is 1. The van der Waals surface area contributed by atoms with Crippen molar-refractivity contribution in [3.05, 3.63) is 48.8 Å². The summed E-state index contributed by atoms with van der Waals surface area (Å²) in [5, 5.41) is 8.99. The molecule has 1 heterocycles. The lowest BCUT2D eigenvalue weighted by atomic mass is 10.1. The normalized spacial score (nSPS) is 11.3. The summed E-state index contributed by atoms with van der Waals surface area (Å²) in [4.78, 5) is 2.56. The lowest BCUT2D eigenvalue weighted by Gasteiger charge is -2.35. The lowest BCUT2D eigenvalue weighted by molar-refractivity contribution is -0.925.